The Kier molecular flexibility index (Phi) is 2.89. The zero-order valence-corrected chi connectivity index (χ0v) is 10.2. The highest BCUT2D eigenvalue weighted by Crippen LogP contribution is 2.18. The molecule has 19 heavy (non-hydrogen) atoms. The molecule has 3 rings (SSSR count). The molecule has 0 amide bonds. The van der Waals surface area contributed by atoms with Gasteiger partial charge in [-0.3, -0.25) is 4.79 Å². The Morgan fingerprint density at radius 3 is 2.68 bits per heavy atom. The summed E-state index contributed by atoms with van der Waals surface area (Å²) in [6.45, 7) is 0.452. The Labute approximate surface area is 109 Å². The van der Waals surface area contributed by atoms with Crippen LogP contribution in [0.25, 0.3) is 16.9 Å². The highest BCUT2D eigenvalue weighted by molar-refractivity contribution is 5.64. The lowest BCUT2D eigenvalue weighted by atomic mass is 10.2. The van der Waals surface area contributed by atoms with Crippen LogP contribution < -0.4 is 5.56 Å². The summed E-state index contributed by atoms with van der Waals surface area (Å²) in [5, 5.41) is 13.4. The number of benzene rings is 1. The van der Waals surface area contributed by atoms with Crippen molar-refractivity contribution in [2.75, 3.05) is 6.61 Å². The molecule has 0 saturated heterocycles. The summed E-state index contributed by atoms with van der Waals surface area (Å²) in [7, 11) is 0. The summed E-state index contributed by atoms with van der Waals surface area (Å²) in [5.41, 5.74) is 2.21. The second-order valence-electron chi connectivity index (χ2n) is 4.24. The van der Waals surface area contributed by atoms with Crippen LogP contribution in [0.5, 0.6) is 0 Å². The first-order chi connectivity index (χ1) is 9.29. The number of hydrogen-bond donors (Lipinski definition) is 1. The van der Waals surface area contributed by atoms with E-state index in [2.05, 4.69) is 5.10 Å². The lowest BCUT2D eigenvalue weighted by Crippen LogP contribution is -2.17. The minimum absolute atomic E-state index is 0.0182. The zero-order chi connectivity index (χ0) is 13.2. The number of rotatable bonds is 3. The number of fused-ring (bicyclic) bond motifs is 1. The third-order valence-corrected chi connectivity index (χ3v) is 3.00. The molecule has 0 aliphatic carbocycles. The highest BCUT2D eigenvalue weighted by atomic mass is 16.3. The van der Waals surface area contributed by atoms with E-state index < -0.39 is 0 Å². The maximum Gasteiger partial charge on any atom is 0.274 e. The van der Waals surface area contributed by atoms with Crippen molar-refractivity contribution in [1.29, 1.82) is 0 Å². The van der Waals surface area contributed by atoms with Crippen LogP contribution in [0.1, 0.15) is 0 Å². The first-order valence-electron chi connectivity index (χ1n) is 6.05. The molecule has 3 aromatic rings. The smallest absolute Gasteiger partial charge is 0.274 e. The van der Waals surface area contributed by atoms with Gasteiger partial charge in [0.25, 0.3) is 5.56 Å². The maximum atomic E-state index is 11.8. The van der Waals surface area contributed by atoms with Gasteiger partial charge in [-0.05, 0) is 0 Å². The van der Waals surface area contributed by atoms with Crippen molar-refractivity contribution in [3.63, 3.8) is 0 Å². The number of aromatic nitrogens is 3. The van der Waals surface area contributed by atoms with Crippen molar-refractivity contribution in [2.24, 2.45) is 0 Å². The van der Waals surface area contributed by atoms with Crippen LogP contribution in [0.15, 0.2) is 53.5 Å². The van der Waals surface area contributed by atoms with E-state index in [1.54, 1.807) is 10.8 Å². The fourth-order valence-electron chi connectivity index (χ4n) is 2.09. The van der Waals surface area contributed by atoms with Gasteiger partial charge in [-0.25, -0.2) is 0 Å². The fraction of sp³-hybridized carbons (Fsp3) is 0.143. The van der Waals surface area contributed by atoms with E-state index in [4.69, 9.17) is 5.11 Å². The maximum absolute atomic E-state index is 11.8. The molecule has 96 valence electrons. The van der Waals surface area contributed by atoms with E-state index in [9.17, 15) is 4.79 Å². The molecule has 1 aromatic carbocycles. The van der Waals surface area contributed by atoms with E-state index in [1.807, 2.05) is 36.4 Å². The number of aliphatic hydroxyl groups is 1. The first kappa shape index (κ1) is 11.7. The van der Waals surface area contributed by atoms with Gasteiger partial charge >= 0.3 is 0 Å². The van der Waals surface area contributed by atoms with Crippen LogP contribution in [0.4, 0.5) is 0 Å². The Morgan fingerprint density at radius 1 is 1.16 bits per heavy atom. The molecule has 5 nitrogen and oxygen atoms in total. The fourth-order valence-corrected chi connectivity index (χ4v) is 2.09. The van der Waals surface area contributed by atoms with Crippen LogP contribution in [-0.2, 0) is 6.54 Å². The van der Waals surface area contributed by atoms with Crippen LogP contribution >= 0.6 is 0 Å². The molecular weight excluding hydrogens is 242 g/mol. The Morgan fingerprint density at radius 2 is 1.95 bits per heavy atom. The van der Waals surface area contributed by atoms with E-state index >= 15 is 0 Å². The molecule has 0 aliphatic rings. The molecule has 0 atom stereocenters. The highest BCUT2D eigenvalue weighted by Gasteiger charge is 2.08. The second-order valence-corrected chi connectivity index (χ2v) is 4.24. The lowest BCUT2D eigenvalue weighted by molar-refractivity contribution is 0.277. The van der Waals surface area contributed by atoms with Gasteiger partial charge in [0.1, 0.15) is 5.65 Å². The van der Waals surface area contributed by atoms with Gasteiger partial charge in [0.05, 0.1) is 12.3 Å². The topological polar surface area (TPSA) is 59.5 Å². The molecule has 0 fully saturated rings. The third kappa shape index (κ3) is 2.04. The van der Waals surface area contributed by atoms with Crippen molar-refractivity contribution in [3.8, 4) is 11.3 Å². The van der Waals surface area contributed by atoms with E-state index in [-0.39, 0.29) is 12.2 Å². The summed E-state index contributed by atoms with van der Waals surface area (Å²) < 4.78 is 3.17. The average molecular weight is 255 g/mol. The average Bonchev–Trinajstić information content (AvgIpc) is 2.89. The molecule has 0 spiro atoms. The standard InChI is InChI=1S/C14H13N3O2/c18-9-8-16-7-6-14(19)17-13(16)10-12(15-17)11-4-2-1-3-5-11/h1-7,10,18H,8-9H2. The largest absolute Gasteiger partial charge is 0.395 e. The molecule has 0 bridgehead atoms. The second kappa shape index (κ2) is 4.70. The Balaban J connectivity index is 2.22. The van der Waals surface area contributed by atoms with Gasteiger partial charge < -0.3 is 9.67 Å². The normalized spacial score (nSPS) is 11.0. The Bertz CT molecular complexity index is 759. The molecule has 0 unspecified atom stereocenters. The van der Waals surface area contributed by atoms with Gasteiger partial charge in [-0.1, -0.05) is 30.3 Å². The van der Waals surface area contributed by atoms with E-state index in [0.717, 1.165) is 11.3 Å². The quantitative estimate of drug-likeness (QED) is 0.764. The Hall–Kier alpha value is -2.40. The lowest BCUT2D eigenvalue weighted by Gasteiger charge is -2.04. The predicted molar refractivity (Wildman–Crippen MR) is 72.0 cm³/mol. The van der Waals surface area contributed by atoms with Crippen molar-refractivity contribution in [2.45, 2.75) is 6.54 Å². The van der Waals surface area contributed by atoms with E-state index in [0.29, 0.717) is 12.2 Å². The van der Waals surface area contributed by atoms with Crippen molar-refractivity contribution >= 4 is 5.65 Å². The molecule has 1 N–H and O–H groups in total. The number of aliphatic hydroxyl groups excluding tert-OH is 1. The van der Waals surface area contributed by atoms with Crippen molar-refractivity contribution in [1.82, 2.24) is 14.2 Å². The van der Waals surface area contributed by atoms with Crippen molar-refractivity contribution in [3.05, 3.63) is 59.0 Å². The molecule has 2 heterocycles. The predicted octanol–water partition coefficient (Wildman–Crippen LogP) is 1.16. The summed E-state index contributed by atoms with van der Waals surface area (Å²) in [6, 6.07) is 13.0. The van der Waals surface area contributed by atoms with Crippen molar-refractivity contribution < 1.29 is 5.11 Å². The molecule has 0 aliphatic heterocycles. The molecular formula is C14H13N3O2. The van der Waals surface area contributed by atoms with Crippen LogP contribution in [0, 0.1) is 0 Å². The van der Waals surface area contributed by atoms with Crippen LogP contribution in [-0.4, -0.2) is 25.9 Å². The minimum atomic E-state index is -0.175. The van der Waals surface area contributed by atoms with E-state index in [1.165, 1.54) is 10.6 Å². The summed E-state index contributed by atoms with van der Waals surface area (Å²) >= 11 is 0. The molecule has 0 saturated carbocycles. The minimum Gasteiger partial charge on any atom is -0.395 e. The van der Waals surface area contributed by atoms with Gasteiger partial charge in [0.2, 0.25) is 0 Å². The van der Waals surface area contributed by atoms with Crippen LogP contribution in [0.2, 0.25) is 0 Å². The molecule has 0 radical (unpaired) electrons. The zero-order valence-electron chi connectivity index (χ0n) is 10.2. The number of hydrogen-bond acceptors (Lipinski definition) is 3. The first-order valence-corrected chi connectivity index (χ1v) is 6.05. The summed E-state index contributed by atoms with van der Waals surface area (Å²) in [6.07, 6.45) is 1.67. The summed E-state index contributed by atoms with van der Waals surface area (Å²) in [5.74, 6) is 0. The monoisotopic (exact) mass is 255 g/mol. The van der Waals surface area contributed by atoms with Gasteiger partial charge in [-0.2, -0.15) is 9.61 Å². The van der Waals surface area contributed by atoms with Gasteiger partial charge in [0.15, 0.2) is 0 Å². The van der Waals surface area contributed by atoms with Crippen LogP contribution in [0.3, 0.4) is 0 Å². The molecule has 5 heteroatoms. The summed E-state index contributed by atoms with van der Waals surface area (Å²) in [4.78, 5) is 11.8. The number of nitrogens with zero attached hydrogens (tertiary/aromatic N) is 3. The third-order valence-electron chi connectivity index (χ3n) is 3.00. The molecule has 2 aromatic heterocycles. The van der Waals surface area contributed by atoms with Gasteiger partial charge in [-0.15, -0.1) is 0 Å². The van der Waals surface area contributed by atoms with Gasteiger partial charge in [0, 0.05) is 30.4 Å². The SMILES string of the molecule is O=c1ccn(CCO)c2cc(-c3ccccc3)nn12.